The van der Waals surface area contributed by atoms with E-state index in [9.17, 15) is 4.79 Å². The van der Waals surface area contributed by atoms with Crippen LogP contribution in [0.2, 0.25) is 0 Å². The number of ketones is 1. The van der Waals surface area contributed by atoms with Gasteiger partial charge in [0.05, 0.1) is 4.83 Å². The van der Waals surface area contributed by atoms with Gasteiger partial charge in [0.25, 0.3) is 0 Å². The minimum absolute atomic E-state index is 0.0394. The van der Waals surface area contributed by atoms with E-state index < -0.39 is 0 Å². The summed E-state index contributed by atoms with van der Waals surface area (Å²) in [6, 6.07) is 0. The van der Waals surface area contributed by atoms with Crippen LogP contribution < -0.4 is 0 Å². The molecule has 0 heterocycles. The maximum absolute atomic E-state index is 11.5. The number of halogens is 2. The van der Waals surface area contributed by atoms with E-state index in [-0.39, 0.29) is 9.15 Å². The van der Waals surface area contributed by atoms with Crippen LogP contribution in [0.4, 0.5) is 0 Å². The van der Waals surface area contributed by atoms with Crippen LogP contribution in [0.15, 0.2) is 0 Å². The van der Waals surface area contributed by atoms with Crippen molar-refractivity contribution in [2.45, 2.75) is 35.8 Å². The largest absolute Gasteiger partial charge is 0.298 e. The molecule has 11 heavy (non-hydrogen) atoms. The highest BCUT2D eigenvalue weighted by Crippen LogP contribution is 2.37. The molecule has 1 aliphatic rings. The quantitative estimate of drug-likeness (QED) is 0.728. The summed E-state index contributed by atoms with van der Waals surface area (Å²) < 4.78 is -0.118. The first kappa shape index (κ1) is 9.72. The maximum atomic E-state index is 11.5. The van der Waals surface area contributed by atoms with Crippen LogP contribution in [-0.4, -0.2) is 14.9 Å². The fraction of sp³-hybridized carbons (Fsp3) is 0.875. The van der Waals surface area contributed by atoms with Gasteiger partial charge >= 0.3 is 0 Å². The second kappa shape index (κ2) is 3.17. The number of hydrogen-bond donors (Lipinski definition) is 0. The molecule has 64 valence electrons. The topological polar surface area (TPSA) is 17.1 Å². The molecule has 1 fully saturated rings. The number of alkyl halides is 2. The normalized spacial score (nSPS) is 21.5. The summed E-state index contributed by atoms with van der Waals surface area (Å²) in [5.74, 6) is 0.697. The number of carbonyl (C=O) groups excluding carboxylic acids is 1. The highest BCUT2D eigenvalue weighted by molar-refractivity contribution is 9.12. The highest BCUT2D eigenvalue weighted by Gasteiger charge is 2.39. The average molecular weight is 284 g/mol. The molecule has 3 heteroatoms. The van der Waals surface area contributed by atoms with Crippen molar-refractivity contribution in [3.8, 4) is 0 Å². The van der Waals surface area contributed by atoms with Crippen LogP contribution in [0.3, 0.4) is 0 Å². The van der Waals surface area contributed by atoms with Gasteiger partial charge in [0.2, 0.25) is 0 Å². The molecule has 0 aliphatic heterocycles. The van der Waals surface area contributed by atoms with E-state index in [2.05, 4.69) is 31.9 Å². The summed E-state index contributed by atoms with van der Waals surface area (Å²) >= 11 is 6.88. The third-order valence-corrected chi connectivity index (χ3v) is 4.50. The molecule has 0 aromatic rings. The molecular formula is C8H12Br2O. The second-order valence-corrected chi connectivity index (χ2v) is 6.56. The Morgan fingerprint density at radius 1 is 1.55 bits per heavy atom. The molecule has 0 spiro atoms. The van der Waals surface area contributed by atoms with E-state index in [1.165, 1.54) is 0 Å². The summed E-state index contributed by atoms with van der Waals surface area (Å²) in [7, 11) is 0. The summed E-state index contributed by atoms with van der Waals surface area (Å²) in [6.45, 7) is 4.01. The van der Waals surface area contributed by atoms with Gasteiger partial charge in [-0.3, -0.25) is 4.79 Å². The smallest absolute Gasteiger partial charge is 0.150 e. The first-order chi connectivity index (χ1) is 4.93. The SMILES string of the molecule is CC(C)(Br)C(Br)C(=O)C1CC1. The predicted molar refractivity (Wildman–Crippen MR) is 53.5 cm³/mol. The van der Waals surface area contributed by atoms with Crippen LogP contribution in [0.5, 0.6) is 0 Å². The fourth-order valence-electron chi connectivity index (χ4n) is 0.913. The van der Waals surface area contributed by atoms with Crippen molar-refractivity contribution in [3.05, 3.63) is 0 Å². The molecular weight excluding hydrogens is 272 g/mol. The van der Waals surface area contributed by atoms with Crippen LogP contribution in [0.25, 0.3) is 0 Å². The van der Waals surface area contributed by atoms with Gasteiger partial charge in [-0.05, 0) is 26.7 Å². The van der Waals surface area contributed by atoms with Crippen LogP contribution in [0, 0.1) is 5.92 Å². The lowest BCUT2D eigenvalue weighted by atomic mass is 10.0. The zero-order chi connectivity index (χ0) is 8.65. The van der Waals surface area contributed by atoms with Crippen molar-refractivity contribution < 1.29 is 4.79 Å². The Bertz CT molecular complexity index is 167. The Kier molecular flexibility index (Phi) is 2.80. The molecule has 1 saturated carbocycles. The molecule has 0 bridgehead atoms. The number of carbonyl (C=O) groups is 1. The lowest BCUT2D eigenvalue weighted by Gasteiger charge is -2.21. The molecule has 0 amide bonds. The van der Waals surface area contributed by atoms with Crippen molar-refractivity contribution in [2.75, 3.05) is 0 Å². The van der Waals surface area contributed by atoms with Crippen molar-refractivity contribution >= 4 is 37.6 Å². The van der Waals surface area contributed by atoms with Gasteiger partial charge in [0.15, 0.2) is 5.78 Å². The summed E-state index contributed by atoms with van der Waals surface area (Å²) in [5.41, 5.74) is 0. The van der Waals surface area contributed by atoms with E-state index in [0.29, 0.717) is 11.7 Å². The van der Waals surface area contributed by atoms with Crippen molar-refractivity contribution in [1.82, 2.24) is 0 Å². The number of hydrogen-bond acceptors (Lipinski definition) is 1. The summed E-state index contributed by atoms with van der Waals surface area (Å²) in [6.07, 6.45) is 2.17. The van der Waals surface area contributed by atoms with Crippen LogP contribution >= 0.6 is 31.9 Å². The zero-order valence-electron chi connectivity index (χ0n) is 6.73. The molecule has 1 nitrogen and oxygen atoms in total. The Morgan fingerprint density at radius 2 is 2.00 bits per heavy atom. The minimum Gasteiger partial charge on any atom is -0.298 e. The Labute approximate surface area is 84.2 Å². The first-order valence-corrected chi connectivity index (χ1v) is 5.50. The molecule has 1 unspecified atom stereocenters. The molecule has 1 aliphatic carbocycles. The Balaban J connectivity index is 2.52. The van der Waals surface area contributed by atoms with Gasteiger partial charge in [-0.2, -0.15) is 0 Å². The van der Waals surface area contributed by atoms with Crippen LogP contribution in [0.1, 0.15) is 26.7 Å². The van der Waals surface area contributed by atoms with E-state index in [0.717, 1.165) is 12.8 Å². The van der Waals surface area contributed by atoms with Gasteiger partial charge in [-0.15, -0.1) is 0 Å². The molecule has 0 saturated heterocycles. The van der Waals surface area contributed by atoms with Gasteiger partial charge in [0, 0.05) is 10.2 Å². The predicted octanol–water partition coefficient (Wildman–Crippen LogP) is 2.90. The standard InChI is InChI=1S/C8H12Br2O/c1-8(2,10)7(9)6(11)5-3-4-5/h5,7H,3-4H2,1-2H3. The minimum atomic E-state index is -0.118. The molecule has 1 rings (SSSR count). The maximum Gasteiger partial charge on any atom is 0.150 e. The van der Waals surface area contributed by atoms with Crippen molar-refractivity contribution in [2.24, 2.45) is 5.92 Å². The van der Waals surface area contributed by atoms with E-state index in [1.807, 2.05) is 13.8 Å². The monoisotopic (exact) mass is 282 g/mol. The highest BCUT2D eigenvalue weighted by atomic mass is 79.9. The van der Waals surface area contributed by atoms with Gasteiger partial charge in [-0.1, -0.05) is 31.9 Å². The zero-order valence-corrected chi connectivity index (χ0v) is 9.91. The number of Topliss-reactive ketones (excluding diaryl/α,β-unsaturated/α-hetero) is 1. The van der Waals surface area contributed by atoms with Crippen molar-refractivity contribution in [1.29, 1.82) is 0 Å². The molecule has 0 radical (unpaired) electrons. The van der Waals surface area contributed by atoms with Gasteiger partial charge < -0.3 is 0 Å². The van der Waals surface area contributed by atoms with E-state index in [4.69, 9.17) is 0 Å². The Morgan fingerprint density at radius 3 is 2.27 bits per heavy atom. The lowest BCUT2D eigenvalue weighted by Crippen LogP contribution is -2.32. The van der Waals surface area contributed by atoms with E-state index >= 15 is 0 Å². The van der Waals surface area contributed by atoms with Crippen LogP contribution in [-0.2, 0) is 4.79 Å². The molecule has 0 aromatic heterocycles. The third-order valence-electron chi connectivity index (χ3n) is 1.83. The van der Waals surface area contributed by atoms with E-state index in [1.54, 1.807) is 0 Å². The summed E-state index contributed by atoms with van der Waals surface area (Å²) in [5, 5.41) is 0. The molecule has 0 N–H and O–H groups in total. The summed E-state index contributed by atoms with van der Waals surface area (Å²) in [4.78, 5) is 11.4. The lowest BCUT2D eigenvalue weighted by molar-refractivity contribution is -0.119. The third kappa shape index (κ3) is 2.55. The first-order valence-electron chi connectivity index (χ1n) is 3.79. The molecule has 1 atom stereocenters. The Hall–Kier alpha value is 0.630. The van der Waals surface area contributed by atoms with Gasteiger partial charge in [0.1, 0.15) is 0 Å². The van der Waals surface area contributed by atoms with Crippen molar-refractivity contribution in [3.63, 3.8) is 0 Å². The van der Waals surface area contributed by atoms with Gasteiger partial charge in [-0.25, -0.2) is 0 Å². The fourth-order valence-corrected chi connectivity index (χ4v) is 1.51. The average Bonchev–Trinajstić information content (AvgIpc) is 2.63. The second-order valence-electron chi connectivity index (χ2n) is 3.60. The number of rotatable bonds is 3. The molecule has 0 aromatic carbocycles.